The Morgan fingerprint density at radius 1 is 1.07 bits per heavy atom. The minimum absolute atomic E-state index is 0.0259. The van der Waals surface area contributed by atoms with Crippen LogP contribution in [0.5, 0.6) is 0 Å². The third kappa shape index (κ3) is 3.90. The van der Waals surface area contributed by atoms with Gasteiger partial charge in [-0.05, 0) is 24.3 Å². The fraction of sp³-hybridized carbons (Fsp3) is 0.263. The largest absolute Gasteiger partial charge is 0.459 e. The molecule has 3 aromatic heterocycles. The molecule has 27 heavy (non-hydrogen) atoms. The van der Waals surface area contributed by atoms with Gasteiger partial charge in [0.15, 0.2) is 5.76 Å². The van der Waals surface area contributed by atoms with Crippen LogP contribution in [0, 0.1) is 0 Å². The standard InChI is InChI=1S/C19H18N4O3S/c24-17(12-14-13-27-18(21-14)15-4-1-2-6-20-15)22-7-9-23(10-8-22)19(25)16-5-3-11-26-16/h1-6,11,13H,7-10,12H2. The normalized spacial score (nSPS) is 14.4. The minimum Gasteiger partial charge on any atom is -0.459 e. The van der Waals surface area contributed by atoms with Crippen LogP contribution in [0.15, 0.2) is 52.6 Å². The number of aromatic nitrogens is 2. The van der Waals surface area contributed by atoms with Crippen LogP contribution in [0.25, 0.3) is 10.7 Å². The molecule has 0 unspecified atom stereocenters. The van der Waals surface area contributed by atoms with Crippen LogP contribution in [-0.2, 0) is 11.2 Å². The topological polar surface area (TPSA) is 79.5 Å². The zero-order chi connectivity index (χ0) is 18.6. The summed E-state index contributed by atoms with van der Waals surface area (Å²) >= 11 is 1.49. The highest BCUT2D eigenvalue weighted by Gasteiger charge is 2.26. The predicted molar refractivity (Wildman–Crippen MR) is 100 cm³/mol. The van der Waals surface area contributed by atoms with Crippen molar-refractivity contribution in [3.8, 4) is 10.7 Å². The SMILES string of the molecule is O=C(Cc1csc(-c2ccccn2)n1)N1CCN(C(=O)c2ccco2)CC1. The number of piperazine rings is 1. The lowest BCUT2D eigenvalue weighted by Crippen LogP contribution is -2.50. The first-order valence-corrected chi connectivity index (χ1v) is 9.55. The Hall–Kier alpha value is -3.00. The lowest BCUT2D eigenvalue weighted by molar-refractivity contribution is -0.132. The number of furan rings is 1. The van der Waals surface area contributed by atoms with E-state index in [4.69, 9.17) is 4.42 Å². The maximum Gasteiger partial charge on any atom is 0.289 e. The summed E-state index contributed by atoms with van der Waals surface area (Å²) in [6.07, 6.45) is 3.47. The Bertz CT molecular complexity index is 916. The third-order valence-corrected chi connectivity index (χ3v) is 5.33. The molecular formula is C19H18N4O3S. The van der Waals surface area contributed by atoms with Gasteiger partial charge in [-0.1, -0.05) is 6.07 Å². The molecule has 138 valence electrons. The van der Waals surface area contributed by atoms with E-state index in [1.807, 2.05) is 23.6 Å². The molecule has 7 nitrogen and oxygen atoms in total. The van der Waals surface area contributed by atoms with E-state index in [0.29, 0.717) is 31.9 Å². The monoisotopic (exact) mass is 382 g/mol. The Balaban J connectivity index is 1.32. The molecule has 0 aliphatic carbocycles. The number of hydrogen-bond donors (Lipinski definition) is 0. The summed E-state index contributed by atoms with van der Waals surface area (Å²) < 4.78 is 5.16. The average Bonchev–Trinajstić information content (AvgIpc) is 3.40. The van der Waals surface area contributed by atoms with E-state index in [2.05, 4.69) is 9.97 Å². The Kier molecular flexibility index (Phi) is 4.97. The molecule has 4 rings (SSSR count). The van der Waals surface area contributed by atoms with Crippen molar-refractivity contribution in [2.45, 2.75) is 6.42 Å². The van der Waals surface area contributed by atoms with Crippen molar-refractivity contribution in [2.75, 3.05) is 26.2 Å². The molecule has 3 aromatic rings. The molecule has 1 aliphatic rings. The lowest BCUT2D eigenvalue weighted by Gasteiger charge is -2.34. The van der Waals surface area contributed by atoms with Crippen LogP contribution in [0.4, 0.5) is 0 Å². The van der Waals surface area contributed by atoms with E-state index >= 15 is 0 Å². The van der Waals surface area contributed by atoms with Gasteiger partial charge in [0.2, 0.25) is 5.91 Å². The summed E-state index contributed by atoms with van der Waals surface area (Å²) in [6, 6.07) is 9.02. The van der Waals surface area contributed by atoms with Crippen molar-refractivity contribution >= 4 is 23.2 Å². The van der Waals surface area contributed by atoms with Gasteiger partial charge in [0.05, 0.1) is 24.1 Å². The van der Waals surface area contributed by atoms with E-state index in [1.165, 1.54) is 17.6 Å². The van der Waals surface area contributed by atoms with Gasteiger partial charge in [0.25, 0.3) is 5.91 Å². The molecular weight excluding hydrogens is 364 g/mol. The molecule has 0 atom stereocenters. The van der Waals surface area contributed by atoms with Gasteiger partial charge in [0, 0.05) is 37.8 Å². The van der Waals surface area contributed by atoms with E-state index in [0.717, 1.165) is 16.4 Å². The highest BCUT2D eigenvalue weighted by Crippen LogP contribution is 2.22. The van der Waals surface area contributed by atoms with Crippen LogP contribution in [0.3, 0.4) is 0 Å². The summed E-state index contributed by atoms with van der Waals surface area (Å²) in [6.45, 7) is 2.04. The molecule has 2 amide bonds. The molecule has 0 radical (unpaired) electrons. The maximum absolute atomic E-state index is 12.6. The van der Waals surface area contributed by atoms with Crippen molar-refractivity contribution < 1.29 is 14.0 Å². The zero-order valence-electron chi connectivity index (χ0n) is 14.6. The van der Waals surface area contributed by atoms with Gasteiger partial charge in [0.1, 0.15) is 5.01 Å². The van der Waals surface area contributed by atoms with E-state index in [-0.39, 0.29) is 18.2 Å². The quantitative estimate of drug-likeness (QED) is 0.692. The Morgan fingerprint density at radius 3 is 2.59 bits per heavy atom. The molecule has 0 spiro atoms. The minimum atomic E-state index is -0.133. The van der Waals surface area contributed by atoms with Crippen LogP contribution >= 0.6 is 11.3 Å². The molecule has 1 saturated heterocycles. The number of rotatable bonds is 4. The summed E-state index contributed by atoms with van der Waals surface area (Å²) in [7, 11) is 0. The second kappa shape index (κ2) is 7.71. The first-order chi connectivity index (χ1) is 13.2. The molecule has 0 N–H and O–H groups in total. The highest BCUT2D eigenvalue weighted by molar-refractivity contribution is 7.13. The van der Waals surface area contributed by atoms with Gasteiger partial charge in [-0.15, -0.1) is 11.3 Å². The van der Waals surface area contributed by atoms with E-state index in [9.17, 15) is 9.59 Å². The first kappa shape index (κ1) is 17.4. The number of hydrogen-bond acceptors (Lipinski definition) is 6. The van der Waals surface area contributed by atoms with Crippen molar-refractivity contribution in [3.63, 3.8) is 0 Å². The summed E-state index contributed by atoms with van der Waals surface area (Å²) in [5.74, 6) is 0.226. The fourth-order valence-corrected chi connectivity index (χ4v) is 3.77. The van der Waals surface area contributed by atoms with Crippen molar-refractivity contribution in [1.29, 1.82) is 0 Å². The van der Waals surface area contributed by atoms with E-state index in [1.54, 1.807) is 28.1 Å². The molecule has 1 aliphatic heterocycles. The summed E-state index contributed by atoms with van der Waals surface area (Å²) in [4.78, 5) is 37.2. The lowest BCUT2D eigenvalue weighted by atomic mass is 10.2. The number of amides is 2. The number of thiazole rings is 1. The summed E-state index contributed by atoms with van der Waals surface area (Å²) in [5.41, 5.74) is 1.56. The molecule has 4 heterocycles. The van der Waals surface area contributed by atoms with Crippen LogP contribution in [0.2, 0.25) is 0 Å². The zero-order valence-corrected chi connectivity index (χ0v) is 15.4. The smallest absolute Gasteiger partial charge is 0.289 e. The molecule has 8 heteroatoms. The third-order valence-electron chi connectivity index (χ3n) is 4.42. The number of carbonyl (C=O) groups is 2. The molecule has 1 fully saturated rings. The van der Waals surface area contributed by atoms with Gasteiger partial charge in [-0.3, -0.25) is 14.6 Å². The number of pyridine rings is 1. The van der Waals surface area contributed by atoms with E-state index < -0.39 is 0 Å². The average molecular weight is 382 g/mol. The van der Waals surface area contributed by atoms with Crippen molar-refractivity contribution in [3.05, 3.63) is 59.6 Å². The van der Waals surface area contributed by atoms with Gasteiger partial charge < -0.3 is 14.2 Å². The van der Waals surface area contributed by atoms with Crippen LogP contribution in [0.1, 0.15) is 16.2 Å². The second-order valence-electron chi connectivity index (χ2n) is 6.19. The number of carbonyl (C=O) groups excluding carboxylic acids is 2. The predicted octanol–water partition coefficient (Wildman–Crippen LogP) is 2.33. The Labute approximate surface area is 160 Å². The second-order valence-corrected chi connectivity index (χ2v) is 7.04. The Morgan fingerprint density at radius 2 is 1.89 bits per heavy atom. The van der Waals surface area contributed by atoms with Gasteiger partial charge in [-0.25, -0.2) is 4.98 Å². The maximum atomic E-state index is 12.6. The molecule has 0 saturated carbocycles. The highest BCUT2D eigenvalue weighted by atomic mass is 32.1. The van der Waals surface area contributed by atoms with Crippen molar-refractivity contribution in [2.24, 2.45) is 0 Å². The van der Waals surface area contributed by atoms with Crippen LogP contribution in [-0.4, -0.2) is 57.8 Å². The first-order valence-electron chi connectivity index (χ1n) is 8.67. The number of nitrogens with zero attached hydrogens (tertiary/aromatic N) is 4. The molecule has 0 aromatic carbocycles. The van der Waals surface area contributed by atoms with Gasteiger partial charge >= 0.3 is 0 Å². The summed E-state index contributed by atoms with van der Waals surface area (Å²) in [5, 5.41) is 2.71. The van der Waals surface area contributed by atoms with Crippen molar-refractivity contribution in [1.82, 2.24) is 19.8 Å². The van der Waals surface area contributed by atoms with Gasteiger partial charge in [-0.2, -0.15) is 0 Å². The molecule has 0 bridgehead atoms. The fourth-order valence-electron chi connectivity index (χ4n) is 2.98. The van der Waals surface area contributed by atoms with Crippen LogP contribution < -0.4 is 0 Å².